The van der Waals surface area contributed by atoms with E-state index in [-0.39, 0.29) is 17.6 Å². The first-order valence-electron chi connectivity index (χ1n) is 9.47. The first-order chi connectivity index (χ1) is 13.1. The van der Waals surface area contributed by atoms with E-state index in [4.69, 9.17) is 0 Å². The number of likely N-dealkylation sites (tertiary alicyclic amines) is 1. The lowest BCUT2D eigenvalue weighted by molar-refractivity contribution is -0.121. The van der Waals surface area contributed by atoms with Crippen LogP contribution in [0.3, 0.4) is 0 Å². The lowest BCUT2D eigenvalue weighted by Crippen LogP contribution is -2.38. The largest absolute Gasteiger partial charge is 0.352 e. The predicted molar refractivity (Wildman–Crippen MR) is 103 cm³/mol. The van der Waals surface area contributed by atoms with Gasteiger partial charge in [-0.15, -0.1) is 0 Å². The Labute approximate surface area is 159 Å². The number of amides is 2. The van der Waals surface area contributed by atoms with E-state index in [1.54, 1.807) is 12.1 Å². The fourth-order valence-electron chi connectivity index (χ4n) is 3.46. The molecule has 27 heavy (non-hydrogen) atoms. The zero-order chi connectivity index (χ0) is 19.1. The summed E-state index contributed by atoms with van der Waals surface area (Å²) in [7, 11) is 0. The topological polar surface area (TPSA) is 49.4 Å². The second kappa shape index (κ2) is 9.31. The van der Waals surface area contributed by atoms with Crippen molar-refractivity contribution in [1.82, 2.24) is 10.2 Å². The number of hydrogen-bond acceptors (Lipinski definition) is 2. The minimum Gasteiger partial charge on any atom is -0.352 e. The molecule has 3 rings (SSSR count). The molecule has 4 nitrogen and oxygen atoms in total. The first-order valence-corrected chi connectivity index (χ1v) is 9.47. The van der Waals surface area contributed by atoms with Gasteiger partial charge in [-0.05, 0) is 55.0 Å². The van der Waals surface area contributed by atoms with Crippen molar-refractivity contribution in [3.8, 4) is 0 Å². The molecule has 0 unspecified atom stereocenters. The van der Waals surface area contributed by atoms with Crippen LogP contribution in [-0.4, -0.2) is 29.8 Å². The van der Waals surface area contributed by atoms with Crippen molar-refractivity contribution >= 4 is 11.8 Å². The molecule has 2 aromatic rings. The van der Waals surface area contributed by atoms with Gasteiger partial charge in [-0.1, -0.05) is 30.3 Å². The molecular formula is C22H25FN2O2. The lowest BCUT2D eigenvalue weighted by atomic mass is 9.91. The summed E-state index contributed by atoms with van der Waals surface area (Å²) >= 11 is 0. The molecule has 0 bridgehead atoms. The Morgan fingerprint density at radius 3 is 2.48 bits per heavy atom. The van der Waals surface area contributed by atoms with Crippen LogP contribution in [0.15, 0.2) is 54.6 Å². The van der Waals surface area contributed by atoms with Crippen LogP contribution in [-0.2, 0) is 11.3 Å². The van der Waals surface area contributed by atoms with E-state index >= 15 is 0 Å². The maximum atomic E-state index is 13.1. The van der Waals surface area contributed by atoms with E-state index in [1.165, 1.54) is 12.1 Å². The third-order valence-electron chi connectivity index (χ3n) is 5.08. The highest BCUT2D eigenvalue weighted by atomic mass is 19.1. The summed E-state index contributed by atoms with van der Waals surface area (Å²) in [6.07, 6.45) is 3.14. The maximum absolute atomic E-state index is 13.1. The molecule has 1 saturated heterocycles. The van der Waals surface area contributed by atoms with Crippen LogP contribution in [0.4, 0.5) is 4.39 Å². The first kappa shape index (κ1) is 19.1. The second-order valence-corrected chi connectivity index (χ2v) is 7.05. The highest BCUT2D eigenvalue weighted by Gasteiger charge is 2.23. The average Bonchev–Trinajstić information content (AvgIpc) is 2.71. The number of rotatable bonds is 6. The molecule has 0 aromatic heterocycles. The number of halogens is 1. The van der Waals surface area contributed by atoms with E-state index < -0.39 is 0 Å². The number of nitrogens with one attached hydrogen (secondary N) is 1. The van der Waals surface area contributed by atoms with Gasteiger partial charge < -0.3 is 10.2 Å². The monoisotopic (exact) mass is 368 g/mol. The van der Waals surface area contributed by atoms with Crippen LogP contribution in [0.1, 0.15) is 41.6 Å². The molecule has 1 N–H and O–H groups in total. The molecule has 142 valence electrons. The van der Waals surface area contributed by atoms with Gasteiger partial charge in [0.15, 0.2) is 0 Å². The average molecular weight is 368 g/mol. The number of carbonyl (C=O) groups is 2. The third kappa shape index (κ3) is 5.64. The molecule has 0 radical (unpaired) electrons. The molecule has 1 fully saturated rings. The Kier molecular flexibility index (Phi) is 6.58. The smallest absolute Gasteiger partial charge is 0.253 e. The molecular weight excluding hydrogens is 343 g/mol. The zero-order valence-corrected chi connectivity index (χ0v) is 15.4. The molecule has 0 spiro atoms. The van der Waals surface area contributed by atoms with Crippen LogP contribution in [0.2, 0.25) is 0 Å². The summed E-state index contributed by atoms with van der Waals surface area (Å²) < 4.78 is 13.1. The van der Waals surface area contributed by atoms with Crippen molar-refractivity contribution in [2.75, 3.05) is 13.1 Å². The number of hydrogen-bond donors (Lipinski definition) is 1. The molecule has 1 aliphatic heterocycles. The Morgan fingerprint density at radius 1 is 1.04 bits per heavy atom. The second-order valence-electron chi connectivity index (χ2n) is 7.05. The van der Waals surface area contributed by atoms with Crippen LogP contribution in [0.5, 0.6) is 0 Å². The number of piperidine rings is 1. The van der Waals surface area contributed by atoms with Crippen molar-refractivity contribution in [3.05, 3.63) is 71.5 Å². The quantitative estimate of drug-likeness (QED) is 0.844. The van der Waals surface area contributed by atoms with Gasteiger partial charge in [0.25, 0.3) is 5.91 Å². The summed E-state index contributed by atoms with van der Waals surface area (Å²) in [6, 6.07) is 15.6. The zero-order valence-electron chi connectivity index (χ0n) is 15.4. The number of carbonyl (C=O) groups excluding carboxylic acids is 2. The van der Waals surface area contributed by atoms with Crippen molar-refractivity contribution in [2.24, 2.45) is 5.92 Å². The molecule has 0 aliphatic carbocycles. The minimum absolute atomic E-state index is 0.0120. The molecule has 5 heteroatoms. The minimum atomic E-state index is -0.293. The van der Waals surface area contributed by atoms with E-state index in [1.807, 2.05) is 35.2 Å². The molecule has 0 saturated carbocycles. The van der Waals surface area contributed by atoms with Crippen LogP contribution >= 0.6 is 0 Å². The van der Waals surface area contributed by atoms with E-state index in [9.17, 15) is 14.0 Å². The van der Waals surface area contributed by atoms with Gasteiger partial charge >= 0.3 is 0 Å². The van der Waals surface area contributed by atoms with Crippen LogP contribution < -0.4 is 5.32 Å². The summed E-state index contributed by atoms with van der Waals surface area (Å²) in [5.74, 6) is 0.243. The SMILES string of the molecule is O=C(CCC1CCN(C(=O)c2ccccc2)CC1)NCc1cccc(F)c1. The maximum Gasteiger partial charge on any atom is 0.253 e. The van der Waals surface area contributed by atoms with Crippen LogP contribution in [0, 0.1) is 11.7 Å². The van der Waals surface area contributed by atoms with Crippen molar-refractivity contribution in [1.29, 1.82) is 0 Å². The van der Waals surface area contributed by atoms with Gasteiger partial charge in [0.2, 0.25) is 5.91 Å². The van der Waals surface area contributed by atoms with Gasteiger partial charge in [-0.2, -0.15) is 0 Å². The lowest BCUT2D eigenvalue weighted by Gasteiger charge is -2.32. The Hall–Kier alpha value is -2.69. The van der Waals surface area contributed by atoms with Gasteiger partial charge in [0.1, 0.15) is 5.82 Å². The number of nitrogens with zero attached hydrogens (tertiary/aromatic N) is 1. The highest BCUT2D eigenvalue weighted by Crippen LogP contribution is 2.23. The van der Waals surface area contributed by atoms with E-state index in [2.05, 4.69) is 5.32 Å². The number of benzene rings is 2. The molecule has 2 amide bonds. The molecule has 1 aliphatic rings. The fourth-order valence-corrected chi connectivity index (χ4v) is 3.46. The third-order valence-corrected chi connectivity index (χ3v) is 5.08. The highest BCUT2D eigenvalue weighted by molar-refractivity contribution is 5.94. The van der Waals surface area contributed by atoms with Gasteiger partial charge in [0.05, 0.1) is 0 Å². The normalized spacial score (nSPS) is 14.8. The molecule has 2 aromatic carbocycles. The van der Waals surface area contributed by atoms with Crippen molar-refractivity contribution in [3.63, 3.8) is 0 Å². The van der Waals surface area contributed by atoms with Gasteiger partial charge in [-0.3, -0.25) is 9.59 Å². The van der Waals surface area contributed by atoms with Gasteiger partial charge in [0, 0.05) is 31.6 Å². The fraction of sp³-hybridized carbons (Fsp3) is 0.364. The summed E-state index contributed by atoms with van der Waals surface area (Å²) in [5, 5.41) is 2.84. The summed E-state index contributed by atoms with van der Waals surface area (Å²) in [6.45, 7) is 1.83. The Bertz CT molecular complexity index is 771. The van der Waals surface area contributed by atoms with Gasteiger partial charge in [-0.25, -0.2) is 4.39 Å². The summed E-state index contributed by atoms with van der Waals surface area (Å²) in [5.41, 5.74) is 1.49. The standard InChI is InChI=1S/C22H25FN2O2/c23-20-8-4-5-18(15-20)16-24-21(26)10-9-17-11-13-25(14-12-17)22(27)19-6-2-1-3-7-19/h1-8,15,17H,9-14,16H2,(H,24,26). The van der Waals surface area contributed by atoms with Crippen molar-refractivity contribution in [2.45, 2.75) is 32.2 Å². The summed E-state index contributed by atoms with van der Waals surface area (Å²) in [4.78, 5) is 26.4. The van der Waals surface area contributed by atoms with Crippen LogP contribution in [0.25, 0.3) is 0 Å². The Balaban J connectivity index is 1.37. The Morgan fingerprint density at radius 2 is 1.78 bits per heavy atom. The van der Waals surface area contributed by atoms with E-state index in [0.29, 0.717) is 18.9 Å². The van der Waals surface area contributed by atoms with Crippen molar-refractivity contribution < 1.29 is 14.0 Å². The van der Waals surface area contributed by atoms with E-state index in [0.717, 1.165) is 43.5 Å². The molecule has 1 heterocycles. The predicted octanol–water partition coefficient (Wildman–Crippen LogP) is 3.77. The molecule has 0 atom stereocenters.